The maximum atomic E-state index is 12.6. The maximum Gasteiger partial charge on any atom is 0.245 e. The van der Waals surface area contributed by atoms with E-state index in [2.05, 4.69) is 5.32 Å². The van der Waals surface area contributed by atoms with Crippen molar-refractivity contribution in [1.29, 1.82) is 0 Å². The van der Waals surface area contributed by atoms with Gasteiger partial charge in [0.1, 0.15) is 4.90 Å². The smallest absolute Gasteiger partial charge is 0.245 e. The molecule has 0 atom stereocenters. The zero-order valence-electron chi connectivity index (χ0n) is 11.3. The van der Waals surface area contributed by atoms with Gasteiger partial charge in [-0.1, -0.05) is 29.3 Å². The standard InChI is InChI=1S/C13H18Cl2N2O2S/c1-17(9-10-5-7-16-8-6-10)20(18,19)13-11(14)3-2-4-12(13)15/h2-4,10,16H,5-9H2,1H3. The van der Waals surface area contributed by atoms with E-state index in [1.165, 1.54) is 4.31 Å². The minimum absolute atomic E-state index is 0.000215. The molecule has 0 aliphatic carbocycles. The molecule has 2 rings (SSSR count). The lowest BCUT2D eigenvalue weighted by Crippen LogP contribution is -2.37. The summed E-state index contributed by atoms with van der Waals surface area (Å²) >= 11 is 12.0. The molecular formula is C13H18Cl2N2O2S. The van der Waals surface area contributed by atoms with Crippen molar-refractivity contribution in [3.8, 4) is 0 Å². The Morgan fingerprint density at radius 2 is 1.80 bits per heavy atom. The van der Waals surface area contributed by atoms with E-state index in [1.54, 1.807) is 25.2 Å². The van der Waals surface area contributed by atoms with Crippen LogP contribution in [0.3, 0.4) is 0 Å². The van der Waals surface area contributed by atoms with Gasteiger partial charge in [0.05, 0.1) is 10.0 Å². The lowest BCUT2D eigenvalue weighted by atomic mass is 9.98. The van der Waals surface area contributed by atoms with Gasteiger partial charge in [0.25, 0.3) is 0 Å². The molecule has 4 nitrogen and oxygen atoms in total. The molecule has 1 fully saturated rings. The molecule has 0 saturated carbocycles. The van der Waals surface area contributed by atoms with E-state index >= 15 is 0 Å². The average molecular weight is 337 g/mol. The Morgan fingerprint density at radius 1 is 1.25 bits per heavy atom. The zero-order valence-corrected chi connectivity index (χ0v) is 13.6. The lowest BCUT2D eigenvalue weighted by molar-refractivity contribution is 0.311. The number of sulfonamides is 1. The Labute approximate surface area is 130 Å². The molecular weight excluding hydrogens is 319 g/mol. The summed E-state index contributed by atoms with van der Waals surface area (Å²) in [7, 11) is -2.07. The number of halogens is 2. The molecule has 0 spiro atoms. The second-order valence-corrected chi connectivity index (χ2v) is 7.83. The predicted octanol–water partition coefficient (Wildman–Crippen LogP) is 2.61. The molecule has 1 N–H and O–H groups in total. The van der Waals surface area contributed by atoms with Crippen molar-refractivity contribution in [3.63, 3.8) is 0 Å². The van der Waals surface area contributed by atoms with Crippen LogP contribution in [0, 0.1) is 5.92 Å². The summed E-state index contributed by atoms with van der Waals surface area (Å²) in [6.07, 6.45) is 1.96. The third-order valence-corrected chi connectivity index (χ3v) is 6.34. The van der Waals surface area contributed by atoms with Crippen molar-refractivity contribution in [2.45, 2.75) is 17.7 Å². The highest BCUT2D eigenvalue weighted by Gasteiger charge is 2.28. The summed E-state index contributed by atoms with van der Waals surface area (Å²) in [4.78, 5) is -0.000215. The zero-order chi connectivity index (χ0) is 14.8. The molecule has 0 aromatic heterocycles. The first-order valence-corrected chi connectivity index (χ1v) is 8.73. The fourth-order valence-corrected chi connectivity index (χ4v) is 4.74. The summed E-state index contributed by atoms with van der Waals surface area (Å²) in [5.74, 6) is 0.372. The van der Waals surface area contributed by atoms with E-state index in [1.807, 2.05) is 0 Å². The first kappa shape index (κ1) is 16.0. The van der Waals surface area contributed by atoms with Crippen LogP contribution in [0.4, 0.5) is 0 Å². The Bertz CT molecular complexity index is 551. The SMILES string of the molecule is CN(CC1CCNCC1)S(=O)(=O)c1c(Cl)cccc1Cl. The van der Waals surface area contributed by atoms with Gasteiger partial charge in [-0.05, 0) is 44.0 Å². The van der Waals surface area contributed by atoms with Gasteiger partial charge in [-0.3, -0.25) is 0 Å². The highest BCUT2D eigenvalue weighted by atomic mass is 35.5. The van der Waals surface area contributed by atoms with Crippen molar-refractivity contribution < 1.29 is 8.42 Å². The molecule has 0 radical (unpaired) electrons. The molecule has 1 saturated heterocycles. The summed E-state index contributed by atoms with van der Waals surface area (Å²) < 4.78 is 26.5. The van der Waals surface area contributed by atoms with Gasteiger partial charge in [-0.15, -0.1) is 0 Å². The number of nitrogens with one attached hydrogen (secondary N) is 1. The van der Waals surface area contributed by atoms with Gasteiger partial charge in [-0.2, -0.15) is 0 Å². The normalized spacial score (nSPS) is 17.6. The molecule has 1 aromatic carbocycles. The van der Waals surface area contributed by atoms with E-state index in [-0.39, 0.29) is 14.9 Å². The number of hydrogen-bond acceptors (Lipinski definition) is 3. The molecule has 0 amide bonds. The van der Waals surface area contributed by atoms with Crippen molar-refractivity contribution >= 4 is 33.2 Å². The molecule has 1 heterocycles. The second kappa shape index (κ2) is 6.62. The number of nitrogens with zero attached hydrogens (tertiary/aromatic N) is 1. The molecule has 1 aromatic rings. The summed E-state index contributed by atoms with van der Waals surface area (Å²) in [6.45, 7) is 2.36. The van der Waals surface area contributed by atoms with Crippen LogP contribution in [0.15, 0.2) is 23.1 Å². The van der Waals surface area contributed by atoms with Gasteiger partial charge in [0.2, 0.25) is 10.0 Å². The van der Waals surface area contributed by atoms with Gasteiger partial charge in [0, 0.05) is 13.6 Å². The maximum absolute atomic E-state index is 12.6. The number of benzene rings is 1. The van der Waals surface area contributed by atoms with Crippen LogP contribution < -0.4 is 5.32 Å². The monoisotopic (exact) mass is 336 g/mol. The Hall–Kier alpha value is -0.330. The Balaban J connectivity index is 2.21. The van der Waals surface area contributed by atoms with Crippen LogP contribution in [0.1, 0.15) is 12.8 Å². The third-order valence-electron chi connectivity index (χ3n) is 3.56. The van der Waals surface area contributed by atoms with Crippen LogP contribution in [-0.4, -0.2) is 39.4 Å². The second-order valence-electron chi connectivity index (χ2n) is 5.03. The van der Waals surface area contributed by atoms with Crippen molar-refractivity contribution in [3.05, 3.63) is 28.2 Å². The quantitative estimate of drug-likeness (QED) is 0.919. The molecule has 0 unspecified atom stereocenters. The van der Waals surface area contributed by atoms with Crippen molar-refractivity contribution in [2.75, 3.05) is 26.7 Å². The molecule has 7 heteroatoms. The minimum atomic E-state index is -3.65. The summed E-state index contributed by atoms with van der Waals surface area (Å²) in [5, 5.41) is 3.59. The van der Waals surface area contributed by atoms with E-state index in [9.17, 15) is 8.42 Å². The summed E-state index contributed by atoms with van der Waals surface area (Å²) in [5.41, 5.74) is 0. The Morgan fingerprint density at radius 3 is 2.35 bits per heavy atom. The van der Waals surface area contributed by atoms with E-state index in [0.717, 1.165) is 25.9 Å². The van der Waals surface area contributed by atoms with Crippen LogP contribution in [0.2, 0.25) is 10.0 Å². The van der Waals surface area contributed by atoms with Gasteiger partial charge < -0.3 is 5.32 Å². The molecule has 1 aliphatic rings. The number of piperidine rings is 1. The van der Waals surface area contributed by atoms with Gasteiger partial charge in [0.15, 0.2) is 0 Å². The highest BCUT2D eigenvalue weighted by Crippen LogP contribution is 2.31. The number of rotatable bonds is 4. The van der Waals surface area contributed by atoms with Gasteiger partial charge in [-0.25, -0.2) is 12.7 Å². The fraction of sp³-hybridized carbons (Fsp3) is 0.538. The third kappa shape index (κ3) is 3.46. The van der Waals surface area contributed by atoms with E-state index in [0.29, 0.717) is 12.5 Å². The average Bonchev–Trinajstić information content (AvgIpc) is 2.39. The van der Waals surface area contributed by atoms with E-state index < -0.39 is 10.0 Å². The molecule has 112 valence electrons. The van der Waals surface area contributed by atoms with Crippen LogP contribution >= 0.6 is 23.2 Å². The molecule has 0 bridgehead atoms. The lowest BCUT2D eigenvalue weighted by Gasteiger charge is -2.27. The van der Waals surface area contributed by atoms with Gasteiger partial charge >= 0.3 is 0 Å². The highest BCUT2D eigenvalue weighted by molar-refractivity contribution is 7.89. The number of hydrogen-bond donors (Lipinski definition) is 1. The van der Waals surface area contributed by atoms with Crippen LogP contribution in [-0.2, 0) is 10.0 Å². The fourth-order valence-electron chi connectivity index (χ4n) is 2.41. The van der Waals surface area contributed by atoms with Crippen molar-refractivity contribution in [1.82, 2.24) is 9.62 Å². The molecule has 1 aliphatic heterocycles. The first-order valence-electron chi connectivity index (χ1n) is 6.54. The van der Waals surface area contributed by atoms with Crippen LogP contribution in [0.25, 0.3) is 0 Å². The summed E-state index contributed by atoms with van der Waals surface area (Å²) in [6, 6.07) is 4.72. The Kier molecular flexibility index (Phi) is 5.31. The molecule has 20 heavy (non-hydrogen) atoms. The first-order chi connectivity index (χ1) is 9.43. The largest absolute Gasteiger partial charge is 0.317 e. The van der Waals surface area contributed by atoms with Crippen molar-refractivity contribution in [2.24, 2.45) is 5.92 Å². The van der Waals surface area contributed by atoms with Crippen LogP contribution in [0.5, 0.6) is 0 Å². The van der Waals surface area contributed by atoms with E-state index in [4.69, 9.17) is 23.2 Å². The predicted molar refractivity (Wildman–Crippen MR) is 81.9 cm³/mol. The topological polar surface area (TPSA) is 49.4 Å². The minimum Gasteiger partial charge on any atom is -0.317 e.